The number of carbonyl (C=O) groups is 2. The van der Waals surface area contributed by atoms with E-state index in [4.69, 9.17) is 21.1 Å². The number of ether oxygens (including phenoxy) is 2. The van der Waals surface area contributed by atoms with Crippen LogP contribution in [0.1, 0.15) is 26.3 Å². The lowest BCUT2D eigenvalue weighted by Gasteiger charge is -2.27. The van der Waals surface area contributed by atoms with E-state index in [9.17, 15) is 18.0 Å². The molecule has 0 bridgehead atoms. The van der Waals surface area contributed by atoms with Crippen molar-refractivity contribution in [3.8, 4) is 5.75 Å². The summed E-state index contributed by atoms with van der Waals surface area (Å²) in [6.07, 6.45) is 0. The standard InChI is InChI=1S/C29H25ClN2O6S/c1-37-22-13-15-23(16-14-22)39(35,36)32(19-20-8-4-3-5-9-20)27-11-7-6-10-24(27)28(33)31-21-12-17-26(30)25(18-21)29(34)38-2/h3-18H,19H2,1-2H3,(H,31,33). The highest BCUT2D eigenvalue weighted by Crippen LogP contribution is 2.31. The number of carbonyl (C=O) groups excluding carboxylic acids is 2. The third-order valence-corrected chi connectivity index (χ3v) is 7.97. The molecule has 0 atom stereocenters. The van der Waals surface area contributed by atoms with Gasteiger partial charge < -0.3 is 14.8 Å². The molecule has 4 aromatic rings. The summed E-state index contributed by atoms with van der Waals surface area (Å²) in [7, 11) is -1.39. The first-order valence-corrected chi connectivity index (χ1v) is 13.6. The molecule has 1 amide bonds. The molecule has 0 unspecified atom stereocenters. The lowest BCUT2D eigenvalue weighted by molar-refractivity contribution is 0.0600. The van der Waals surface area contributed by atoms with Crippen molar-refractivity contribution < 1.29 is 27.5 Å². The van der Waals surface area contributed by atoms with Gasteiger partial charge in [-0.15, -0.1) is 0 Å². The molecule has 0 aliphatic carbocycles. The summed E-state index contributed by atoms with van der Waals surface area (Å²) in [6.45, 7) is -0.0209. The average Bonchev–Trinajstić information content (AvgIpc) is 2.97. The zero-order valence-corrected chi connectivity index (χ0v) is 22.7. The fourth-order valence-corrected chi connectivity index (χ4v) is 5.54. The number of nitrogens with zero attached hydrogens (tertiary/aromatic N) is 1. The maximum atomic E-state index is 13.9. The Labute approximate surface area is 231 Å². The predicted molar refractivity (Wildman–Crippen MR) is 150 cm³/mol. The minimum Gasteiger partial charge on any atom is -0.497 e. The summed E-state index contributed by atoms with van der Waals surface area (Å²) in [5.74, 6) is -0.722. The Hall–Kier alpha value is -4.34. The molecule has 0 spiro atoms. The van der Waals surface area contributed by atoms with Crippen LogP contribution < -0.4 is 14.4 Å². The molecule has 4 aromatic carbocycles. The van der Waals surface area contributed by atoms with Crippen LogP contribution in [-0.2, 0) is 21.3 Å². The molecule has 39 heavy (non-hydrogen) atoms. The highest BCUT2D eigenvalue weighted by atomic mass is 35.5. The molecular weight excluding hydrogens is 540 g/mol. The van der Waals surface area contributed by atoms with Crippen LogP contribution in [-0.4, -0.2) is 34.5 Å². The number of halogens is 1. The van der Waals surface area contributed by atoms with Gasteiger partial charge in [-0.3, -0.25) is 9.10 Å². The number of hydrogen-bond donors (Lipinski definition) is 1. The molecule has 4 rings (SSSR count). The summed E-state index contributed by atoms with van der Waals surface area (Å²) in [5.41, 5.74) is 1.38. The fourth-order valence-electron chi connectivity index (χ4n) is 3.87. The molecule has 0 aliphatic heterocycles. The quantitative estimate of drug-likeness (QED) is 0.258. The fraction of sp³-hybridized carbons (Fsp3) is 0.103. The van der Waals surface area contributed by atoms with Crippen LogP contribution in [0.5, 0.6) is 5.75 Å². The number of esters is 1. The molecular formula is C29H25ClN2O6S. The van der Waals surface area contributed by atoms with Gasteiger partial charge >= 0.3 is 5.97 Å². The Morgan fingerprint density at radius 2 is 1.51 bits per heavy atom. The van der Waals surface area contributed by atoms with Gasteiger partial charge in [0.05, 0.1) is 47.5 Å². The van der Waals surface area contributed by atoms with E-state index >= 15 is 0 Å². The van der Waals surface area contributed by atoms with Gasteiger partial charge in [-0.05, 0) is 60.2 Å². The van der Waals surface area contributed by atoms with Crippen molar-refractivity contribution in [1.82, 2.24) is 0 Å². The molecule has 0 fully saturated rings. The van der Waals surface area contributed by atoms with Crippen molar-refractivity contribution in [2.75, 3.05) is 23.8 Å². The molecule has 8 nitrogen and oxygen atoms in total. The Morgan fingerprint density at radius 1 is 0.846 bits per heavy atom. The Balaban J connectivity index is 1.76. The Morgan fingerprint density at radius 3 is 2.18 bits per heavy atom. The van der Waals surface area contributed by atoms with Crippen LogP contribution in [0.4, 0.5) is 11.4 Å². The maximum Gasteiger partial charge on any atom is 0.339 e. The molecule has 0 aromatic heterocycles. The van der Waals surface area contributed by atoms with Gasteiger partial charge in [0.2, 0.25) is 0 Å². The van der Waals surface area contributed by atoms with Crippen molar-refractivity contribution in [2.45, 2.75) is 11.4 Å². The molecule has 0 saturated heterocycles. The number of anilines is 2. The summed E-state index contributed by atoms with van der Waals surface area (Å²) in [6, 6.07) is 25.9. The highest BCUT2D eigenvalue weighted by Gasteiger charge is 2.29. The van der Waals surface area contributed by atoms with E-state index in [-0.39, 0.29) is 39.0 Å². The summed E-state index contributed by atoms with van der Waals surface area (Å²) >= 11 is 6.10. The van der Waals surface area contributed by atoms with Crippen LogP contribution in [0.3, 0.4) is 0 Å². The van der Waals surface area contributed by atoms with E-state index in [1.807, 2.05) is 18.2 Å². The van der Waals surface area contributed by atoms with E-state index in [0.29, 0.717) is 5.75 Å². The van der Waals surface area contributed by atoms with E-state index in [2.05, 4.69) is 5.32 Å². The molecule has 0 heterocycles. The average molecular weight is 565 g/mol. The smallest absolute Gasteiger partial charge is 0.339 e. The summed E-state index contributed by atoms with van der Waals surface area (Å²) < 4.78 is 39.0. The van der Waals surface area contributed by atoms with E-state index in [0.717, 1.165) is 5.56 Å². The molecule has 0 saturated carbocycles. The number of methoxy groups -OCH3 is 2. The molecule has 200 valence electrons. The molecule has 0 radical (unpaired) electrons. The van der Waals surface area contributed by atoms with Crippen molar-refractivity contribution in [3.63, 3.8) is 0 Å². The third kappa shape index (κ3) is 6.22. The minimum atomic E-state index is -4.11. The second-order valence-corrected chi connectivity index (χ2v) is 10.6. The Bertz CT molecular complexity index is 1590. The van der Waals surface area contributed by atoms with Gasteiger partial charge in [0.15, 0.2) is 0 Å². The number of benzene rings is 4. The monoisotopic (exact) mass is 564 g/mol. The number of hydrogen-bond acceptors (Lipinski definition) is 6. The molecule has 0 aliphatic rings. The molecule has 10 heteroatoms. The number of sulfonamides is 1. The molecule has 1 N–H and O–H groups in total. The van der Waals surface area contributed by atoms with Gasteiger partial charge in [0.25, 0.3) is 15.9 Å². The van der Waals surface area contributed by atoms with Crippen LogP contribution in [0.15, 0.2) is 102 Å². The zero-order chi connectivity index (χ0) is 28.0. The first-order valence-electron chi connectivity index (χ1n) is 11.7. The predicted octanol–water partition coefficient (Wildman–Crippen LogP) is 5.78. The van der Waals surface area contributed by atoms with Gasteiger partial charge in [0.1, 0.15) is 5.75 Å². The second-order valence-electron chi connectivity index (χ2n) is 8.33. The number of amides is 1. The summed E-state index contributed by atoms with van der Waals surface area (Å²) in [5, 5.41) is 2.89. The minimum absolute atomic E-state index is 0.0209. The first-order chi connectivity index (χ1) is 18.7. The topological polar surface area (TPSA) is 102 Å². The van der Waals surface area contributed by atoms with Gasteiger partial charge in [-0.1, -0.05) is 54.1 Å². The van der Waals surface area contributed by atoms with E-state index in [1.165, 1.54) is 54.9 Å². The van der Waals surface area contributed by atoms with Crippen molar-refractivity contribution in [3.05, 3.63) is 119 Å². The van der Waals surface area contributed by atoms with Crippen LogP contribution in [0.25, 0.3) is 0 Å². The number of rotatable bonds is 9. The largest absolute Gasteiger partial charge is 0.497 e. The third-order valence-electron chi connectivity index (χ3n) is 5.86. The van der Waals surface area contributed by atoms with Crippen molar-refractivity contribution in [1.29, 1.82) is 0 Å². The van der Waals surface area contributed by atoms with E-state index in [1.54, 1.807) is 42.5 Å². The first kappa shape index (κ1) is 27.7. The maximum absolute atomic E-state index is 13.9. The van der Waals surface area contributed by atoms with Crippen LogP contribution in [0, 0.1) is 0 Å². The second kappa shape index (κ2) is 12.0. The highest BCUT2D eigenvalue weighted by molar-refractivity contribution is 7.92. The van der Waals surface area contributed by atoms with Gasteiger partial charge in [-0.25, -0.2) is 13.2 Å². The SMILES string of the molecule is COC(=O)c1cc(NC(=O)c2ccccc2N(Cc2ccccc2)S(=O)(=O)c2ccc(OC)cc2)ccc1Cl. The Kier molecular flexibility index (Phi) is 8.53. The number of para-hydroxylation sites is 1. The van der Waals surface area contributed by atoms with Gasteiger partial charge in [-0.2, -0.15) is 0 Å². The number of nitrogens with one attached hydrogen (secondary N) is 1. The lowest BCUT2D eigenvalue weighted by Crippen LogP contribution is -2.32. The van der Waals surface area contributed by atoms with Crippen LogP contribution >= 0.6 is 11.6 Å². The van der Waals surface area contributed by atoms with Crippen LogP contribution in [0.2, 0.25) is 5.02 Å². The normalized spacial score (nSPS) is 10.9. The zero-order valence-electron chi connectivity index (χ0n) is 21.1. The summed E-state index contributed by atoms with van der Waals surface area (Å²) in [4.78, 5) is 25.6. The lowest BCUT2D eigenvalue weighted by atomic mass is 10.1. The van der Waals surface area contributed by atoms with E-state index < -0.39 is 21.9 Å². The van der Waals surface area contributed by atoms with Gasteiger partial charge in [0, 0.05) is 5.69 Å². The van der Waals surface area contributed by atoms with Crippen molar-refractivity contribution in [2.24, 2.45) is 0 Å². The van der Waals surface area contributed by atoms with Crippen molar-refractivity contribution >= 4 is 44.9 Å².